The topological polar surface area (TPSA) is 72.6 Å². The summed E-state index contributed by atoms with van der Waals surface area (Å²) in [4.78, 5) is 25.6. The van der Waals surface area contributed by atoms with Gasteiger partial charge in [-0.15, -0.1) is 0 Å². The molecule has 142 valence electrons. The largest absolute Gasteiger partial charge is 0.460 e. The van der Waals surface area contributed by atoms with Crippen molar-refractivity contribution in [1.29, 1.82) is 0 Å². The molecule has 2 aromatic rings. The van der Waals surface area contributed by atoms with Gasteiger partial charge in [0.25, 0.3) is 0 Å². The number of nitrogens with two attached hydrogens (primary N) is 1. The van der Waals surface area contributed by atoms with Crippen LogP contribution >= 0.6 is 0 Å². The van der Waals surface area contributed by atoms with Crippen LogP contribution in [0, 0.1) is 5.41 Å². The van der Waals surface area contributed by atoms with E-state index in [1.807, 2.05) is 24.3 Å². The average Bonchev–Trinajstić information content (AvgIpc) is 2.64. The van der Waals surface area contributed by atoms with Gasteiger partial charge in [0.2, 0.25) is 10.9 Å². The van der Waals surface area contributed by atoms with E-state index in [9.17, 15) is 9.59 Å². The number of hydrogen-bond acceptors (Lipinski definition) is 5. The molecule has 0 bridgehead atoms. The van der Waals surface area contributed by atoms with Gasteiger partial charge in [-0.1, -0.05) is 20.8 Å². The summed E-state index contributed by atoms with van der Waals surface area (Å²) in [5.74, 6) is 1.55. The van der Waals surface area contributed by atoms with Gasteiger partial charge in [-0.3, -0.25) is 9.59 Å². The minimum absolute atomic E-state index is 0.0333. The van der Waals surface area contributed by atoms with Crippen LogP contribution in [-0.4, -0.2) is 13.1 Å². The number of ether oxygens (including phenoxy) is 1. The predicted octanol–water partition coefficient (Wildman–Crippen LogP) is 3.57. The minimum Gasteiger partial charge on any atom is -0.460 e. The second-order valence-corrected chi connectivity index (χ2v) is 7.80. The second-order valence-electron chi connectivity index (χ2n) is 7.80. The lowest BCUT2D eigenvalue weighted by Crippen LogP contribution is -2.36. The van der Waals surface area contributed by atoms with E-state index in [1.165, 1.54) is 0 Å². The van der Waals surface area contributed by atoms with Crippen LogP contribution in [0.5, 0.6) is 5.75 Å². The normalized spacial score (nSPS) is 15.4. The molecule has 3 rings (SSSR count). The first-order valence-electron chi connectivity index (χ1n) is 9.27. The molecule has 1 heterocycles. The zero-order valence-corrected chi connectivity index (χ0v) is 16.6. The lowest BCUT2D eigenvalue weighted by atomic mass is 9.88. The third-order valence-electron chi connectivity index (χ3n) is 4.94. The van der Waals surface area contributed by atoms with E-state index in [2.05, 4.69) is 39.5 Å². The van der Waals surface area contributed by atoms with Crippen LogP contribution in [0.25, 0.3) is 11.6 Å². The van der Waals surface area contributed by atoms with Crippen molar-refractivity contribution in [2.75, 3.05) is 23.7 Å². The van der Waals surface area contributed by atoms with Crippen molar-refractivity contribution in [2.45, 2.75) is 34.6 Å². The first-order chi connectivity index (χ1) is 12.7. The molecule has 2 aromatic carbocycles. The first kappa shape index (κ1) is 19.0. The van der Waals surface area contributed by atoms with Gasteiger partial charge in [0.05, 0.1) is 11.3 Å². The van der Waals surface area contributed by atoms with Crippen LogP contribution in [0.1, 0.15) is 45.7 Å². The third-order valence-corrected chi connectivity index (χ3v) is 4.94. The lowest BCUT2D eigenvalue weighted by Gasteiger charge is -2.30. The van der Waals surface area contributed by atoms with Gasteiger partial charge in [-0.25, -0.2) is 0 Å². The highest BCUT2D eigenvalue weighted by Crippen LogP contribution is 2.42. The maximum atomic E-state index is 11.9. The molecule has 0 atom stereocenters. The Balaban J connectivity index is 2.15. The minimum atomic E-state index is -0.606. The van der Waals surface area contributed by atoms with Gasteiger partial charge in [0, 0.05) is 35.8 Å². The number of hydrogen-bond donors (Lipinski definition) is 1. The number of benzene rings is 1. The maximum Gasteiger partial charge on any atom is 0.249 e. The Morgan fingerprint density at radius 3 is 2.33 bits per heavy atom. The first-order valence-corrected chi connectivity index (χ1v) is 9.27. The van der Waals surface area contributed by atoms with Crippen molar-refractivity contribution < 1.29 is 4.74 Å². The molecule has 0 fully saturated rings. The smallest absolute Gasteiger partial charge is 0.249 e. The third kappa shape index (κ3) is 3.29. The number of nitrogens with zero attached hydrogens (tertiary/aromatic N) is 1. The molecule has 0 unspecified atom stereocenters. The number of fused-ring (bicyclic) bond motifs is 1. The Hall–Kier alpha value is -2.82. The molecule has 0 saturated heterocycles. The Morgan fingerprint density at radius 1 is 1.11 bits per heavy atom. The number of rotatable bonds is 4. The summed E-state index contributed by atoms with van der Waals surface area (Å²) in [6.45, 7) is 12.2. The molecular formula is C22H26N2O3. The van der Waals surface area contributed by atoms with Crippen molar-refractivity contribution >= 4 is 23.0 Å². The van der Waals surface area contributed by atoms with Gasteiger partial charge in [-0.05, 0) is 43.7 Å². The van der Waals surface area contributed by atoms with E-state index in [0.29, 0.717) is 0 Å². The van der Waals surface area contributed by atoms with E-state index in [-0.39, 0.29) is 16.7 Å². The summed E-state index contributed by atoms with van der Waals surface area (Å²) in [6, 6.07) is 6.07. The molecule has 1 aliphatic heterocycles. The summed E-state index contributed by atoms with van der Waals surface area (Å²) >= 11 is 0. The molecule has 27 heavy (non-hydrogen) atoms. The monoisotopic (exact) mass is 366 g/mol. The van der Waals surface area contributed by atoms with E-state index in [0.717, 1.165) is 41.4 Å². The molecule has 0 amide bonds. The van der Waals surface area contributed by atoms with Crippen molar-refractivity contribution in [3.8, 4) is 5.75 Å². The highest BCUT2D eigenvalue weighted by molar-refractivity contribution is 5.94. The number of allylic oxidation sites excluding steroid dienone is 3. The van der Waals surface area contributed by atoms with E-state index < -0.39 is 10.9 Å². The van der Waals surface area contributed by atoms with E-state index in [4.69, 9.17) is 10.5 Å². The fraction of sp³-hybridized carbons (Fsp3) is 0.364. The Bertz CT molecular complexity index is 1010. The molecule has 0 radical (unpaired) electrons. The predicted molar refractivity (Wildman–Crippen MR) is 112 cm³/mol. The summed E-state index contributed by atoms with van der Waals surface area (Å²) in [7, 11) is 0. The molecule has 2 N–H and O–H groups in total. The van der Waals surface area contributed by atoms with Crippen molar-refractivity contribution in [3.63, 3.8) is 0 Å². The van der Waals surface area contributed by atoms with Crippen LogP contribution in [-0.2, 0) is 0 Å². The van der Waals surface area contributed by atoms with Crippen LogP contribution in [0.4, 0.5) is 11.4 Å². The molecule has 0 saturated carbocycles. The molecule has 1 aliphatic rings. The summed E-state index contributed by atoms with van der Waals surface area (Å²) in [6.07, 6.45) is 3.62. The van der Waals surface area contributed by atoms with Crippen LogP contribution in [0.2, 0.25) is 0 Å². The van der Waals surface area contributed by atoms with Crippen LogP contribution in [0.3, 0.4) is 0 Å². The SMILES string of the molecule is CCN(CC)c1ccc2c(c1)OC(C(C)(C)C)=CC2=Cc1c(N)c(=O)c1=O. The summed E-state index contributed by atoms with van der Waals surface area (Å²) < 4.78 is 6.21. The highest BCUT2D eigenvalue weighted by Gasteiger charge is 2.27. The molecule has 0 spiro atoms. The van der Waals surface area contributed by atoms with Crippen molar-refractivity contribution in [3.05, 3.63) is 61.6 Å². The molecule has 5 nitrogen and oxygen atoms in total. The van der Waals surface area contributed by atoms with Crippen molar-refractivity contribution in [2.24, 2.45) is 5.41 Å². The Morgan fingerprint density at radius 2 is 1.78 bits per heavy atom. The molecule has 0 aromatic heterocycles. The zero-order chi connectivity index (χ0) is 19.9. The van der Waals surface area contributed by atoms with Gasteiger partial charge >= 0.3 is 0 Å². The van der Waals surface area contributed by atoms with Gasteiger partial charge in [0.15, 0.2) is 0 Å². The van der Waals surface area contributed by atoms with Gasteiger partial charge < -0.3 is 15.4 Å². The summed E-state index contributed by atoms with van der Waals surface area (Å²) in [5.41, 5.74) is 7.48. The lowest BCUT2D eigenvalue weighted by molar-refractivity contribution is 0.291. The fourth-order valence-electron chi connectivity index (χ4n) is 3.20. The van der Waals surface area contributed by atoms with Crippen molar-refractivity contribution in [1.82, 2.24) is 0 Å². The maximum absolute atomic E-state index is 11.9. The van der Waals surface area contributed by atoms with E-state index in [1.54, 1.807) is 6.08 Å². The van der Waals surface area contributed by atoms with Crippen LogP contribution < -0.4 is 26.2 Å². The van der Waals surface area contributed by atoms with Gasteiger partial charge in [0.1, 0.15) is 11.5 Å². The highest BCUT2D eigenvalue weighted by atomic mass is 16.5. The number of anilines is 2. The quantitative estimate of drug-likeness (QED) is 0.838. The average molecular weight is 366 g/mol. The van der Waals surface area contributed by atoms with Crippen LogP contribution in [0.15, 0.2) is 39.6 Å². The van der Waals surface area contributed by atoms with E-state index >= 15 is 0 Å². The molecule has 5 heteroatoms. The van der Waals surface area contributed by atoms with Gasteiger partial charge in [-0.2, -0.15) is 0 Å². The number of nitrogen functional groups attached to an aromatic ring is 1. The standard InChI is InChI=1S/C22H26N2O3/c1-6-24(7-2)14-8-9-15-13(10-16-19(23)21(26)20(16)25)11-18(22(3,4)5)27-17(15)12-14/h8-12H,6-7,23H2,1-5H3. The summed E-state index contributed by atoms with van der Waals surface area (Å²) in [5, 5.41) is 0. The fourth-order valence-corrected chi connectivity index (χ4v) is 3.20. The Labute approximate surface area is 159 Å². The molecule has 0 aliphatic carbocycles. The Kier molecular flexibility index (Phi) is 4.72. The zero-order valence-electron chi connectivity index (χ0n) is 16.6. The molecular weight excluding hydrogens is 340 g/mol. The second kappa shape index (κ2) is 6.72.